The number of nitrogens with zero attached hydrogens (tertiary/aromatic N) is 3. The number of hydrogen-bond donors (Lipinski definition) is 1. The van der Waals surface area contributed by atoms with E-state index in [1.807, 2.05) is 24.3 Å². The molecule has 34 heavy (non-hydrogen) atoms. The van der Waals surface area contributed by atoms with E-state index in [0.717, 1.165) is 26.4 Å². The lowest BCUT2D eigenvalue weighted by molar-refractivity contribution is 0.414. The van der Waals surface area contributed by atoms with Gasteiger partial charge in [0.2, 0.25) is 21.8 Å². The highest BCUT2D eigenvalue weighted by Gasteiger charge is 2.17. The Morgan fingerprint density at radius 2 is 1.71 bits per heavy atom. The van der Waals surface area contributed by atoms with Crippen molar-refractivity contribution in [2.24, 2.45) is 0 Å². The molecule has 1 N–H and O–H groups in total. The maximum atomic E-state index is 12.5. The summed E-state index contributed by atoms with van der Waals surface area (Å²) >= 11 is 1.57. The smallest absolute Gasteiger partial charge is 0.241 e. The second-order valence-electron chi connectivity index (χ2n) is 7.42. The van der Waals surface area contributed by atoms with Crippen molar-refractivity contribution in [1.82, 2.24) is 19.9 Å². The zero-order valence-corrected chi connectivity index (χ0v) is 19.8. The molecule has 0 aliphatic rings. The van der Waals surface area contributed by atoms with Crippen LogP contribution in [-0.2, 0) is 23.0 Å². The van der Waals surface area contributed by atoms with Crippen molar-refractivity contribution in [3.63, 3.8) is 0 Å². The van der Waals surface area contributed by atoms with Gasteiger partial charge in [-0.3, -0.25) is 0 Å². The van der Waals surface area contributed by atoms with Gasteiger partial charge in [0.25, 0.3) is 0 Å². The summed E-state index contributed by atoms with van der Waals surface area (Å²) in [4.78, 5) is 4.78. The van der Waals surface area contributed by atoms with E-state index in [0.29, 0.717) is 18.1 Å². The highest BCUT2D eigenvalue weighted by atomic mass is 32.2. The maximum absolute atomic E-state index is 12.5. The largest absolute Gasteiger partial charge is 0.497 e. The van der Waals surface area contributed by atoms with Gasteiger partial charge >= 0.3 is 0 Å². The van der Waals surface area contributed by atoms with E-state index in [-0.39, 0.29) is 17.3 Å². The lowest BCUT2D eigenvalue weighted by Crippen LogP contribution is -2.23. The minimum absolute atomic E-state index is 0.109. The summed E-state index contributed by atoms with van der Waals surface area (Å²) in [7, 11) is -2.20. The first kappa shape index (κ1) is 22.2. The molecule has 172 valence electrons. The molecule has 2 heterocycles. The summed E-state index contributed by atoms with van der Waals surface area (Å²) in [5.74, 6) is 1.13. The van der Waals surface area contributed by atoms with Crippen molar-refractivity contribution in [2.75, 3.05) is 7.11 Å². The molecule has 0 unspecified atom stereocenters. The third kappa shape index (κ3) is 4.84. The lowest BCUT2D eigenvalue weighted by Gasteiger charge is -2.05. The van der Waals surface area contributed by atoms with Crippen LogP contribution in [0.2, 0.25) is 0 Å². The van der Waals surface area contributed by atoms with Gasteiger partial charge in [0.05, 0.1) is 35.2 Å². The molecule has 10 heteroatoms. The number of aromatic nitrogens is 3. The monoisotopic (exact) mass is 492 g/mol. The Morgan fingerprint density at radius 1 is 0.941 bits per heavy atom. The predicted octanol–water partition coefficient (Wildman–Crippen LogP) is 4.42. The van der Waals surface area contributed by atoms with E-state index in [1.54, 1.807) is 23.5 Å². The van der Waals surface area contributed by atoms with E-state index < -0.39 is 10.0 Å². The van der Waals surface area contributed by atoms with Gasteiger partial charge in [-0.2, -0.15) is 0 Å². The number of rotatable bonds is 8. The van der Waals surface area contributed by atoms with Crippen molar-refractivity contribution in [2.45, 2.75) is 17.9 Å². The maximum Gasteiger partial charge on any atom is 0.241 e. The van der Waals surface area contributed by atoms with Gasteiger partial charge in [0.15, 0.2) is 0 Å². The van der Waals surface area contributed by atoms with Crippen LogP contribution in [0.1, 0.15) is 16.8 Å². The average molecular weight is 493 g/mol. The molecule has 0 atom stereocenters. The van der Waals surface area contributed by atoms with Crippen LogP contribution in [0.25, 0.3) is 21.3 Å². The fourth-order valence-electron chi connectivity index (χ4n) is 3.41. The number of methoxy groups -OCH3 is 1. The van der Waals surface area contributed by atoms with Crippen molar-refractivity contribution in [3.8, 4) is 16.9 Å². The molecule has 0 bridgehead atoms. The highest BCUT2D eigenvalue weighted by molar-refractivity contribution is 7.89. The SMILES string of the molecule is COc1ccc(S(=O)(=O)NCc2nnc(Cc3nc4ccc(-c5ccccc5)cc4s3)o2)cc1. The minimum Gasteiger partial charge on any atom is -0.497 e. The van der Waals surface area contributed by atoms with Crippen LogP contribution in [0.3, 0.4) is 0 Å². The lowest BCUT2D eigenvalue weighted by atomic mass is 10.1. The van der Waals surface area contributed by atoms with Gasteiger partial charge in [-0.05, 0) is 47.5 Å². The molecule has 0 spiro atoms. The number of thiazole rings is 1. The molecule has 5 aromatic rings. The number of hydrogen-bond acceptors (Lipinski definition) is 8. The van der Waals surface area contributed by atoms with Gasteiger partial charge in [-0.25, -0.2) is 18.1 Å². The Hall–Kier alpha value is -3.60. The molecule has 5 rings (SSSR count). The number of sulfonamides is 1. The van der Waals surface area contributed by atoms with E-state index in [9.17, 15) is 8.42 Å². The normalized spacial score (nSPS) is 11.7. The van der Waals surface area contributed by atoms with E-state index in [4.69, 9.17) is 9.15 Å². The summed E-state index contributed by atoms with van der Waals surface area (Å²) in [5.41, 5.74) is 3.19. The Balaban J connectivity index is 1.26. The van der Waals surface area contributed by atoms with Gasteiger partial charge in [-0.1, -0.05) is 36.4 Å². The Kier molecular flexibility index (Phi) is 6.10. The zero-order valence-electron chi connectivity index (χ0n) is 18.1. The minimum atomic E-state index is -3.72. The van der Waals surface area contributed by atoms with Crippen LogP contribution in [0, 0.1) is 0 Å². The van der Waals surface area contributed by atoms with Crippen LogP contribution in [0.4, 0.5) is 0 Å². The Labute approximate surface area is 200 Å². The number of nitrogens with one attached hydrogen (secondary N) is 1. The van der Waals surface area contributed by atoms with Crippen LogP contribution in [0.5, 0.6) is 5.75 Å². The number of benzene rings is 3. The topological polar surface area (TPSA) is 107 Å². The number of fused-ring (bicyclic) bond motifs is 1. The Bertz CT molecular complexity index is 1530. The van der Waals surface area contributed by atoms with Crippen molar-refractivity contribution < 1.29 is 17.6 Å². The predicted molar refractivity (Wildman–Crippen MR) is 129 cm³/mol. The molecule has 0 aliphatic heterocycles. The molecule has 3 aromatic carbocycles. The molecule has 8 nitrogen and oxygen atoms in total. The summed E-state index contributed by atoms with van der Waals surface area (Å²) in [5, 5.41) is 8.84. The molecule has 0 amide bonds. The van der Waals surface area contributed by atoms with Crippen LogP contribution in [0.15, 0.2) is 82.1 Å². The van der Waals surface area contributed by atoms with E-state index in [1.165, 1.54) is 19.2 Å². The first-order valence-corrected chi connectivity index (χ1v) is 12.7. The quantitative estimate of drug-likeness (QED) is 0.342. The molecule has 0 aliphatic carbocycles. The fourth-order valence-corrected chi connectivity index (χ4v) is 5.39. The van der Waals surface area contributed by atoms with Gasteiger partial charge < -0.3 is 9.15 Å². The fraction of sp³-hybridized carbons (Fsp3) is 0.125. The van der Waals surface area contributed by atoms with E-state index >= 15 is 0 Å². The standard InChI is InChI=1S/C24H20N4O4S2/c1-31-18-8-10-19(11-9-18)34(29,30)25-15-23-28-27-22(32-23)14-24-26-20-12-7-17(13-21(20)33-24)16-5-3-2-4-6-16/h2-13,25H,14-15H2,1H3. The second-order valence-corrected chi connectivity index (χ2v) is 10.3. The van der Waals surface area contributed by atoms with Gasteiger partial charge in [0, 0.05) is 0 Å². The van der Waals surface area contributed by atoms with Crippen molar-refractivity contribution >= 4 is 31.6 Å². The highest BCUT2D eigenvalue weighted by Crippen LogP contribution is 2.29. The van der Waals surface area contributed by atoms with Crippen LogP contribution < -0.4 is 9.46 Å². The first-order valence-electron chi connectivity index (χ1n) is 10.4. The summed E-state index contributed by atoms with van der Waals surface area (Å²) in [6.45, 7) is -0.109. The molecule has 0 saturated heterocycles. The summed E-state index contributed by atoms with van der Waals surface area (Å²) in [6, 6.07) is 22.5. The van der Waals surface area contributed by atoms with Gasteiger partial charge in [0.1, 0.15) is 10.8 Å². The van der Waals surface area contributed by atoms with Crippen LogP contribution >= 0.6 is 11.3 Å². The molecule has 0 radical (unpaired) electrons. The van der Waals surface area contributed by atoms with Crippen molar-refractivity contribution in [3.05, 3.63) is 89.6 Å². The van der Waals surface area contributed by atoms with Gasteiger partial charge in [-0.15, -0.1) is 21.5 Å². The average Bonchev–Trinajstić information content (AvgIpc) is 3.49. The third-order valence-electron chi connectivity index (χ3n) is 5.13. The second kappa shape index (κ2) is 9.34. The molecular formula is C24H20N4O4S2. The zero-order chi connectivity index (χ0) is 23.5. The van der Waals surface area contributed by atoms with E-state index in [2.05, 4.69) is 44.2 Å². The first-order chi connectivity index (χ1) is 16.5. The summed E-state index contributed by atoms with van der Waals surface area (Å²) in [6.07, 6.45) is 0.373. The third-order valence-corrected chi connectivity index (χ3v) is 7.57. The number of ether oxygens (including phenoxy) is 1. The summed E-state index contributed by atoms with van der Waals surface area (Å²) < 4.78 is 39.2. The molecule has 2 aromatic heterocycles. The molecular weight excluding hydrogens is 472 g/mol. The van der Waals surface area contributed by atoms with Crippen LogP contribution in [-0.4, -0.2) is 30.7 Å². The molecule has 0 saturated carbocycles. The Morgan fingerprint density at radius 3 is 2.47 bits per heavy atom. The molecule has 0 fully saturated rings. The van der Waals surface area contributed by atoms with Crippen molar-refractivity contribution in [1.29, 1.82) is 0 Å².